The third-order valence-electron chi connectivity index (χ3n) is 3.80. The van der Waals surface area contributed by atoms with Crippen LogP contribution in [0.3, 0.4) is 0 Å². The number of thioether (sulfide) groups is 1. The molecule has 0 spiro atoms. The molecule has 2 nitrogen and oxygen atoms in total. The maximum absolute atomic E-state index is 13.9. The molecule has 0 aliphatic carbocycles. The first-order valence-corrected chi connectivity index (χ1v) is 9.06. The molecule has 7 heteroatoms. The molecule has 0 bridgehead atoms. The molecule has 1 saturated heterocycles. The molecule has 1 heterocycles. The van der Waals surface area contributed by atoms with Crippen LogP contribution in [0.2, 0.25) is 10.0 Å². The van der Waals surface area contributed by atoms with Crippen molar-refractivity contribution in [2.75, 3.05) is 17.2 Å². The van der Waals surface area contributed by atoms with Crippen molar-refractivity contribution in [3.63, 3.8) is 0 Å². The molecular formula is C17H13Cl2F2NOS. The Morgan fingerprint density at radius 2 is 1.88 bits per heavy atom. The van der Waals surface area contributed by atoms with Gasteiger partial charge in [-0.2, -0.15) is 0 Å². The number of nitrogens with zero attached hydrogens (tertiary/aromatic N) is 1. The Bertz CT molecular complexity index is 767. The van der Waals surface area contributed by atoms with Gasteiger partial charge in [0.05, 0.1) is 21.5 Å². The average molecular weight is 388 g/mol. The molecule has 1 amide bonds. The van der Waals surface area contributed by atoms with Crippen LogP contribution >= 0.6 is 35.0 Å². The van der Waals surface area contributed by atoms with Gasteiger partial charge in [0, 0.05) is 17.9 Å². The van der Waals surface area contributed by atoms with Crippen molar-refractivity contribution >= 4 is 46.6 Å². The first-order valence-electron chi connectivity index (χ1n) is 7.25. The molecule has 2 aromatic carbocycles. The SMILES string of the molecule is O=C1CSC(Cc2ccc(F)cc2F)CN1c1c(Cl)cccc1Cl. The summed E-state index contributed by atoms with van der Waals surface area (Å²) in [4.78, 5) is 13.8. The van der Waals surface area contributed by atoms with Gasteiger partial charge < -0.3 is 4.90 Å². The number of hydrogen-bond acceptors (Lipinski definition) is 2. The van der Waals surface area contributed by atoms with Crippen LogP contribution in [-0.4, -0.2) is 23.5 Å². The van der Waals surface area contributed by atoms with Crippen LogP contribution in [0.25, 0.3) is 0 Å². The zero-order chi connectivity index (χ0) is 17.3. The zero-order valence-corrected chi connectivity index (χ0v) is 14.8. The Kier molecular flexibility index (Phi) is 5.33. The maximum atomic E-state index is 13.9. The highest BCUT2D eigenvalue weighted by Gasteiger charge is 2.30. The van der Waals surface area contributed by atoms with Crippen LogP contribution in [0.4, 0.5) is 14.5 Å². The van der Waals surface area contributed by atoms with Crippen LogP contribution < -0.4 is 4.90 Å². The third kappa shape index (κ3) is 3.68. The van der Waals surface area contributed by atoms with E-state index in [0.717, 1.165) is 6.07 Å². The Labute approximate surface area is 152 Å². The van der Waals surface area contributed by atoms with Crippen molar-refractivity contribution in [3.8, 4) is 0 Å². The fourth-order valence-corrected chi connectivity index (χ4v) is 4.33. The van der Waals surface area contributed by atoms with E-state index in [-0.39, 0.29) is 16.9 Å². The Morgan fingerprint density at radius 1 is 1.17 bits per heavy atom. The first-order chi connectivity index (χ1) is 11.5. The number of para-hydroxylation sites is 1. The summed E-state index contributed by atoms with van der Waals surface area (Å²) < 4.78 is 26.9. The quantitative estimate of drug-likeness (QED) is 0.741. The fourth-order valence-electron chi connectivity index (χ4n) is 2.64. The van der Waals surface area contributed by atoms with E-state index in [1.807, 2.05) is 0 Å². The van der Waals surface area contributed by atoms with Gasteiger partial charge in [-0.25, -0.2) is 8.78 Å². The van der Waals surface area contributed by atoms with Gasteiger partial charge >= 0.3 is 0 Å². The van der Waals surface area contributed by atoms with Gasteiger partial charge in [-0.15, -0.1) is 11.8 Å². The minimum absolute atomic E-state index is 0.0324. The van der Waals surface area contributed by atoms with Crippen LogP contribution in [0.1, 0.15) is 5.56 Å². The molecule has 0 N–H and O–H groups in total. The van der Waals surface area contributed by atoms with E-state index in [9.17, 15) is 13.6 Å². The van der Waals surface area contributed by atoms with Crippen molar-refractivity contribution in [2.45, 2.75) is 11.7 Å². The Morgan fingerprint density at radius 3 is 2.54 bits per heavy atom. The van der Waals surface area contributed by atoms with Gasteiger partial charge in [-0.05, 0) is 30.2 Å². The lowest BCUT2D eigenvalue weighted by molar-refractivity contribution is -0.116. The molecule has 1 aliphatic heterocycles. The maximum Gasteiger partial charge on any atom is 0.237 e. The van der Waals surface area contributed by atoms with Gasteiger partial charge in [0.2, 0.25) is 5.91 Å². The van der Waals surface area contributed by atoms with E-state index < -0.39 is 11.6 Å². The molecule has 3 rings (SSSR count). The van der Waals surface area contributed by atoms with Gasteiger partial charge in [0.25, 0.3) is 0 Å². The molecule has 0 aromatic heterocycles. The molecule has 2 aromatic rings. The van der Waals surface area contributed by atoms with E-state index in [1.165, 1.54) is 23.9 Å². The third-order valence-corrected chi connectivity index (χ3v) is 5.61. The van der Waals surface area contributed by atoms with Crippen LogP contribution in [0.15, 0.2) is 36.4 Å². The van der Waals surface area contributed by atoms with E-state index in [4.69, 9.17) is 23.2 Å². The Balaban J connectivity index is 1.82. The number of halogens is 4. The lowest BCUT2D eigenvalue weighted by Crippen LogP contribution is -2.43. The number of hydrogen-bond donors (Lipinski definition) is 0. The second-order valence-corrected chi connectivity index (χ2v) is 7.55. The summed E-state index contributed by atoms with van der Waals surface area (Å²) in [5.74, 6) is -1.01. The molecule has 0 saturated carbocycles. The highest BCUT2D eigenvalue weighted by molar-refractivity contribution is 8.00. The van der Waals surface area contributed by atoms with Crippen LogP contribution in [-0.2, 0) is 11.2 Å². The number of amides is 1. The van der Waals surface area contributed by atoms with Crippen molar-refractivity contribution in [1.82, 2.24) is 0 Å². The van der Waals surface area contributed by atoms with Crippen molar-refractivity contribution in [2.24, 2.45) is 0 Å². The zero-order valence-electron chi connectivity index (χ0n) is 12.4. The van der Waals surface area contributed by atoms with Crippen LogP contribution in [0.5, 0.6) is 0 Å². The minimum atomic E-state index is -0.604. The number of carbonyl (C=O) groups excluding carboxylic acids is 1. The summed E-state index contributed by atoms with van der Waals surface area (Å²) in [5.41, 5.74) is 0.907. The molecule has 24 heavy (non-hydrogen) atoms. The van der Waals surface area contributed by atoms with E-state index >= 15 is 0 Å². The average Bonchev–Trinajstić information content (AvgIpc) is 2.53. The highest BCUT2D eigenvalue weighted by atomic mass is 35.5. The summed E-state index contributed by atoms with van der Waals surface area (Å²) in [6, 6.07) is 8.60. The minimum Gasteiger partial charge on any atom is -0.308 e. The summed E-state index contributed by atoms with van der Waals surface area (Å²) >= 11 is 13.8. The number of benzene rings is 2. The second-order valence-electron chi connectivity index (χ2n) is 5.45. The second kappa shape index (κ2) is 7.30. The van der Waals surface area contributed by atoms with Crippen molar-refractivity contribution in [3.05, 3.63) is 63.6 Å². The van der Waals surface area contributed by atoms with E-state index in [0.29, 0.717) is 34.3 Å². The normalized spacial score (nSPS) is 18.1. The standard InChI is InChI=1S/C17H13Cl2F2NOS/c18-13-2-1-3-14(19)17(13)22-8-12(24-9-16(22)23)6-10-4-5-11(20)7-15(10)21/h1-5,7,12H,6,8-9H2. The van der Waals surface area contributed by atoms with Gasteiger partial charge in [0.1, 0.15) is 11.6 Å². The van der Waals surface area contributed by atoms with Crippen molar-refractivity contribution < 1.29 is 13.6 Å². The smallest absolute Gasteiger partial charge is 0.237 e. The number of anilines is 1. The predicted molar refractivity (Wildman–Crippen MR) is 95.1 cm³/mol. The summed E-state index contributed by atoms with van der Waals surface area (Å²) in [6.07, 6.45) is 0.391. The predicted octanol–water partition coefficient (Wildman–Crippen LogP) is 4.96. The molecule has 0 radical (unpaired) electrons. The molecule has 1 aliphatic rings. The number of rotatable bonds is 3. The molecule has 126 valence electrons. The summed E-state index contributed by atoms with van der Waals surface area (Å²) in [7, 11) is 0. The fraction of sp³-hybridized carbons (Fsp3) is 0.235. The lowest BCUT2D eigenvalue weighted by Gasteiger charge is -2.33. The van der Waals surface area contributed by atoms with Gasteiger partial charge in [-0.3, -0.25) is 4.79 Å². The van der Waals surface area contributed by atoms with E-state index in [1.54, 1.807) is 23.1 Å². The molecular weight excluding hydrogens is 375 g/mol. The first kappa shape index (κ1) is 17.5. The van der Waals surface area contributed by atoms with Gasteiger partial charge in [-0.1, -0.05) is 35.3 Å². The van der Waals surface area contributed by atoms with Crippen LogP contribution in [0, 0.1) is 11.6 Å². The highest BCUT2D eigenvalue weighted by Crippen LogP contribution is 2.37. The Hall–Kier alpha value is -1.30. The topological polar surface area (TPSA) is 20.3 Å². The lowest BCUT2D eigenvalue weighted by atomic mass is 10.1. The van der Waals surface area contributed by atoms with E-state index in [2.05, 4.69) is 0 Å². The van der Waals surface area contributed by atoms with Gasteiger partial charge in [0.15, 0.2) is 0 Å². The number of carbonyl (C=O) groups is 1. The largest absolute Gasteiger partial charge is 0.308 e. The monoisotopic (exact) mass is 387 g/mol. The molecule has 1 fully saturated rings. The summed E-state index contributed by atoms with van der Waals surface area (Å²) in [5, 5.41) is 0.763. The summed E-state index contributed by atoms with van der Waals surface area (Å²) in [6.45, 7) is 0.365. The molecule has 1 unspecified atom stereocenters. The van der Waals surface area contributed by atoms with Crippen molar-refractivity contribution in [1.29, 1.82) is 0 Å². The molecule has 1 atom stereocenters.